The van der Waals surface area contributed by atoms with Crippen LogP contribution in [0.5, 0.6) is 5.88 Å². The van der Waals surface area contributed by atoms with E-state index in [0.717, 1.165) is 25.0 Å². The minimum absolute atomic E-state index is 0.0486. The van der Waals surface area contributed by atoms with Crippen LogP contribution in [0.1, 0.15) is 28.9 Å². The van der Waals surface area contributed by atoms with E-state index in [-0.39, 0.29) is 29.1 Å². The number of nitrogens with zero attached hydrogens (tertiary/aromatic N) is 4. The van der Waals surface area contributed by atoms with Crippen molar-refractivity contribution in [1.29, 1.82) is 0 Å². The van der Waals surface area contributed by atoms with Crippen molar-refractivity contribution in [2.24, 2.45) is 4.99 Å². The number of nitrogens with one attached hydrogen (secondary N) is 3. The Kier molecular flexibility index (Phi) is 4.54. The molecule has 4 aromatic rings. The van der Waals surface area contributed by atoms with Gasteiger partial charge in [-0.3, -0.25) is 14.8 Å². The van der Waals surface area contributed by atoms with E-state index in [0.29, 0.717) is 10.7 Å². The van der Waals surface area contributed by atoms with Gasteiger partial charge in [0, 0.05) is 11.3 Å². The first-order chi connectivity index (χ1) is 15.4. The van der Waals surface area contributed by atoms with Gasteiger partial charge in [-0.1, -0.05) is 6.07 Å². The Morgan fingerprint density at radius 1 is 1.31 bits per heavy atom. The number of amides is 1. The van der Waals surface area contributed by atoms with Gasteiger partial charge in [0.05, 0.1) is 17.8 Å². The largest absolute Gasteiger partial charge is 0.493 e. The summed E-state index contributed by atoms with van der Waals surface area (Å²) in [6.45, 7) is 0. The molecule has 4 N–H and O–H groups in total. The van der Waals surface area contributed by atoms with Crippen LogP contribution in [0.15, 0.2) is 40.2 Å². The van der Waals surface area contributed by atoms with Gasteiger partial charge in [-0.25, -0.2) is 18.6 Å². The van der Waals surface area contributed by atoms with E-state index < -0.39 is 28.8 Å². The third-order valence-corrected chi connectivity index (χ3v) is 4.81. The maximum atomic E-state index is 14.0. The molecule has 1 aliphatic rings. The number of carbonyl (C=O) groups is 1. The molecule has 10 nitrogen and oxygen atoms in total. The van der Waals surface area contributed by atoms with Gasteiger partial charge in [-0.15, -0.1) is 0 Å². The van der Waals surface area contributed by atoms with Crippen molar-refractivity contribution in [3.8, 4) is 5.88 Å². The van der Waals surface area contributed by atoms with Crippen molar-refractivity contribution in [3.05, 3.63) is 74.5 Å². The zero-order valence-electron chi connectivity index (χ0n) is 16.3. The molecule has 0 bridgehead atoms. The normalized spacial score (nSPS) is 14.9. The second-order valence-corrected chi connectivity index (χ2v) is 7.24. The summed E-state index contributed by atoms with van der Waals surface area (Å²) in [4.78, 5) is 37.5. The molecule has 3 aromatic heterocycles. The van der Waals surface area contributed by atoms with Crippen LogP contribution >= 0.6 is 0 Å². The van der Waals surface area contributed by atoms with E-state index in [2.05, 4.69) is 30.4 Å². The molecule has 12 heteroatoms. The van der Waals surface area contributed by atoms with Crippen molar-refractivity contribution in [2.45, 2.75) is 18.9 Å². The molecule has 0 spiro atoms. The molecule has 5 rings (SSSR count). The van der Waals surface area contributed by atoms with Crippen LogP contribution in [0.3, 0.4) is 0 Å². The number of carbonyl (C=O) groups excluding carboxylic acids is 1. The van der Waals surface area contributed by atoms with Crippen molar-refractivity contribution in [2.75, 3.05) is 5.32 Å². The van der Waals surface area contributed by atoms with E-state index in [4.69, 9.17) is 0 Å². The number of aromatic hydroxyl groups is 1. The summed E-state index contributed by atoms with van der Waals surface area (Å²) < 4.78 is 29.0. The monoisotopic (exact) mass is 439 g/mol. The number of rotatable bonds is 4. The average Bonchev–Trinajstić information content (AvgIpc) is 3.38. The Labute approximate surface area is 177 Å². The Morgan fingerprint density at radius 3 is 2.84 bits per heavy atom. The van der Waals surface area contributed by atoms with Gasteiger partial charge in [0.2, 0.25) is 5.88 Å². The standard InChI is InChI=1S/C20H15F2N7O3/c21-12-3-1-2-11(16(12)22)18(30)27-14-7-15(24-10-4-5-10)29-17(26-14)9(8-23-29)6-13-19(31)28-20(32)25-13/h1-3,6-8,10,31H,4-5H2,(H,27,30)(H2,25,28,32). The van der Waals surface area contributed by atoms with E-state index in [1.807, 2.05) is 0 Å². The number of aromatic amines is 2. The lowest BCUT2D eigenvalue weighted by molar-refractivity contribution is 0.102. The smallest absolute Gasteiger partial charge is 0.326 e. The molecular weight excluding hydrogens is 424 g/mol. The molecule has 0 saturated heterocycles. The average molecular weight is 439 g/mol. The Morgan fingerprint density at radius 2 is 2.12 bits per heavy atom. The molecular formula is C20H15F2N7O3. The molecule has 32 heavy (non-hydrogen) atoms. The molecule has 1 aliphatic carbocycles. The number of imidazole rings is 1. The fourth-order valence-corrected chi connectivity index (χ4v) is 3.12. The molecule has 0 radical (unpaired) electrons. The molecule has 0 unspecified atom stereocenters. The summed E-state index contributed by atoms with van der Waals surface area (Å²) in [6, 6.07) is 4.90. The van der Waals surface area contributed by atoms with E-state index in [1.54, 1.807) is 0 Å². The number of hydrogen-bond donors (Lipinski definition) is 4. The number of fused-ring (bicyclic) bond motifs is 1. The summed E-state index contributed by atoms with van der Waals surface area (Å²) in [6.07, 6.45) is 4.73. The minimum atomic E-state index is -1.26. The van der Waals surface area contributed by atoms with Crippen molar-refractivity contribution >= 4 is 23.4 Å². The predicted molar refractivity (Wildman–Crippen MR) is 108 cm³/mol. The lowest BCUT2D eigenvalue weighted by Gasteiger charge is -2.07. The fraction of sp³-hybridized carbons (Fsp3) is 0.150. The first-order valence-corrected chi connectivity index (χ1v) is 9.60. The minimum Gasteiger partial charge on any atom is -0.493 e. The topological polar surface area (TPSA) is 141 Å². The first kappa shape index (κ1) is 19.6. The Bertz CT molecular complexity index is 1550. The number of H-pyrrole nitrogens is 2. The summed E-state index contributed by atoms with van der Waals surface area (Å²) in [5, 5.41) is 17.0. The molecule has 1 aromatic carbocycles. The molecule has 1 amide bonds. The van der Waals surface area contributed by atoms with Gasteiger partial charge < -0.3 is 15.4 Å². The van der Waals surface area contributed by atoms with Gasteiger partial charge in [-0.05, 0) is 31.1 Å². The first-order valence-electron chi connectivity index (χ1n) is 9.60. The molecule has 0 atom stereocenters. The lowest BCUT2D eigenvalue weighted by Crippen LogP contribution is -2.23. The second kappa shape index (κ2) is 7.41. The van der Waals surface area contributed by atoms with Gasteiger partial charge in [0.25, 0.3) is 5.91 Å². The number of anilines is 1. The highest BCUT2D eigenvalue weighted by atomic mass is 19.2. The molecule has 1 fully saturated rings. The highest BCUT2D eigenvalue weighted by Gasteiger charge is 2.21. The molecule has 3 heterocycles. The van der Waals surface area contributed by atoms with E-state index in [1.165, 1.54) is 28.9 Å². The van der Waals surface area contributed by atoms with Crippen LogP contribution < -0.4 is 21.7 Å². The molecule has 0 aliphatic heterocycles. The highest BCUT2D eigenvalue weighted by molar-refractivity contribution is 6.04. The van der Waals surface area contributed by atoms with E-state index in [9.17, 15) is 23.5 Å². The summed E-state index contributed by atoms with van der Waals surface area (Å²) in [5.41, 5.74) is -0.277. The number of benzene rings is 1. The van der Waals surface area contributed by atoms with Crippen LogP contribution in [0, 0.1) is 11.6 Å². The second-order valence-electron chi connectivity index (χ2n) is 7.24. The van der Waals surface area contributed by atoms with Crippen molar-refractivity contribution in [3.63, 3.8) is 0 Å². The predicted octanol–water partition coefficient (Wildman–Crippen LogP) is 0.593. The van der Waals surface area contributed by atoms with Crippen LogP contribution in [-0.4, -0.2) is 41.6 Å². The number of halogens is 2. The van der Waals surface area contributed by atoms with Crippen molar-refractivity contribution < 1.29 is 18.7 Å². The van der Waals surface area contributed by atoms with Crippen LogP contribution in [0.2, 0.25) is 0 Å². The third kappa shape index (κ3) is 3.62. The van der Waals surface area contributed by atoms with Crippen molar-refractivity contribution in [1.82, 2.24) is 24.6 Å². The zero-order chi connectivity index (χ0) is 22.4. The van der Waals surface area contributed by atoms with E-state index >= 15 is 0 Å². The maximum Gasteiger partial charge on any atom is 0.326 e. The lowest BCUT2D eigenvalue weighted by atomic mass is 10.2. The fourth-order valence-electron chi connectivity index (χ4n) is 3.12. The quantitative estimate of drug-likeness (QED) is 0.369. The van der Waals surface area contributed by atoms with Gasteiger partial charge in [-0.2, -0.15) is 9.61 Å². The van der Waals surface area contributed by atoms with Crippen LogP contribution in [0.25, 0.3) is 11.7 Å². The summed E-state index contributed by atoms with van der Waals surface area (Å²) in [5.74, 6) is -3.60. The number of hydrogen-bond acceptors (Lipinski definition) is 6. The van der Waals surface area contributed by atoms with Gasteiger partial charge in [0.15, 0.2) is 22.8 Å². The van der Waals surface area contributed by atoms with Crippen LogP contribution in [-0.2, 0) is 0 Å². The third-order valence-electron chi connectivity index (χ3n) is 4.81. The SMILES string of the molecule is O=C(Nc1cc(=NC2CC2)n2ncc(=Cc3[nH]c(=O)[nH]c3O)c2n1)c1cccc(F)c1F. The highest BCUT2D eigenvalue weighted by Crippen LogP contribution is 2.22. The van der Waals surface area contributed by atoms with Gasteiger partial charge in [0.1, 0.15) is 11.5 Å². The van der Waals surface area contributed by atoms with Gasteiger partial charge >= 0.3 is 5.69 Å². The Balaban J connectivity index is 1.63. The Hall–Kier alpha value is -4.35. The molecule has 1 saturated carbocycles. The number of aromatic nitrogens is 5. The molecule has 162 valence electrons. The zero-order valence-corrected chi connectivity index (χ0v) is 16.3. The van der Waals surface area contributed by atoms with Crippen LogP contribution in [0.4, 0.5) is 14.6 Å². The summed E-state index contributed by atoms with van der Waals surface area (Å²) in [7, 11) is 0. The maximum absolute atomic E-state index is 14.0. The summed E-state index contributed by atoms with van der Waals surface area (Å²) >= 11 is 0.